The minimum Gasteiger partial charge on any atom is -0.329 e. The fourth-order valence-corrected chi connectivity index (χ4v) is 3.21. The molecule has 112 valence electrons. The number of hydrogen-bond donors (Lipinski definition) is 1. The second-order valence-corrected chi connectivity index (χ2v) is 6.50. The van der Waals surface area contributed by atoms with Crippen LogP contribution in [0.4, 0.5) is 0 Å². The minimum atomic E-state index is 0.129. The minimum absolute atomic E-state index is 0.129. The van der Waals surface area contributed by atoms with Gasteiger partial charge in [0.25, 0.3) is 0 Å². The van der Waals surface area contributed by atoms with Crippen molar-refractivity contribution in [3.63, 3.8) is 0 Å². The Morgan fingerprint density at radius 1 is 1.25 bits per heavy atom. The first-order valence-electron chi connectivity index (χ1n) is 7.40. The zero-order valence-electron chi connectivity index (χ0n) is 12.6. The van der Waals surface area contributed by atoms with Crippen molar-refractivity contribution in [2.75, 3.05) is 33.7 Å². The molecule has 0 saturated carbocycles. The molecule has 20 heavy (non-hydrogen) atoms. The number of nitrogens with zero attached hydrogens (tertiary/aromatic N) is 2. The van der Waals surface area contributed by atoms with Crippen molar-refractivity contribution in [1.82, 2.24) is 9.80 Å². The van der Waals surface area contributed by atoms with Gasteiger partial charge < -0.3 is 10.6 Å². The Bertz CT molecular complexity index is 420. The van der Waals surface area contributed by atoms with E-state index >= 15 is 0 Å². The van der Waals surface area contributed by atoms with Gasteiger partial charge in [-0.25, -0.2) is 0 Å². The molecule has 1 fully saturated rings. The standard InChI is InChI=1S/C16H26ClN3/c1-19-10-3-8-16(13-18,9-11-19)20(2)12-14-4-6-15(17)7-5-14/h4-7H,3,8-13,18H2,1-2H3. The van der Waals surface area contributed by atoms with Crippen LogP contribution in [0, 0.1) is 0 Å². The summed E-state index contributed by atoms with van der Waals surface area (Å²) in [6.07, 6.45) is 3.54. The van der Waals surface area contributed by atoms with E-state index in [9.17, 15) is 0 Å². The summed E-state index contributed by atoms with van der Waals surface area (Å²) in [5, 5.41) is 0.793. The number of likely N-dealkylation sites (N-methyl/N-ethyl adjacent to an activating group) is 1. The van der Waals surface area contributed by atoms with Gasteiger partial charge in [0.2, 0.25) is 0 Å². The second-order valence-electron chi connectivity index (χ2n) is 6.07. The lowest BCUT2D eigenvalue weighted by Crippen LogP contribution is -2.52. The molecule has 1 unspecified atom stereocenters. The summed E-state index contributed by atoms with van der Waals surface area (Å²) >= 11 is 5.95. The number of halogens is 1. The Hall–Kier alpha value is -0.610. The van der Waals surface area contributed by atoms with Crippen molar-refractivity contribution in [2.24, 2.45) is 5.73 Å². The van der Waals surface area contributed by atoms with Crippen LogP contribution in [-0.2, 0) is 6.54 Å². The van der Waals surface area contributed by atoms with Gasteiger partial charge in [-0.2, -0.15) is 0 Å². The third-order valence-electron chi connectivity index (χ3n) is 4.66. The highest BCUT2D eigenvalue weighted by atomic mass is 35.5. The van der Waals surface area contributed by atoms with Crippen LogP contribution in [0.25, 0.3) is 0 Å². The van der Waals surface area contributed by atoms with Gasteiger partial charge in [-0.05, 0) is 64.1 Å². The molecule has 4 heteroatoms. The van der Waals surface area contributed by atoms with Gasteiger partial charge in [0, 0.05) is 23.7 Å². The van der Waals surface area contributed by atoms with E-state index < -0.39 is 0 Å². The van der Waals surface area contributed by atoms with E-state index in [1.807, 2.05) is 12.1 Å². The summed E-state index contributed by atoms with van der Waals surface area (Å²) in [5.41, 5.74) is 7.57. The number of likely N-dealkylation sites (tertiary alicyclic amines) is 1. The molecule has 2 N–H and O–H groups in total. The summed E-state index contributed by atoms with van der Waals surface area (Å²) in [5.74, 6) is 0. The lowest BCUT2D eigenvalue weighted by Gasteiger charge is -2.41. The summed E-state index contributed by atoms with van der Waals surface area (Å²) in [7, 11) is 4.40. The molecule has 0 bridgehead atoms. The molecule has 1 saturated heterocycles. The number of rotatable bonds is 4. The van der Waals surface area contributed by atoms with E-state index in [-0.39, 0.29) is 5.54 Å². The maximum absolute atomic E-state index is 6.15. The molecule has 0 aliphatic carbocycles. The first kappa shape index (κ1) is 15.8. The SMILES string of the molecule is CN1CCCC(CN)(N(C)Cc2ccc(Cl)cc2)CC1. The second kappa shape index (κ2) is 6.90. The van der Waals surface area contributed by atoms with Crippen molar-refractivity contribution in [3.8, 4) is 0 Å². The lowest BCUT2D eigenvalue weighted by molar-refractivity contribution is 0.100. The Morgan fingerprint density at radius 2 is 1.95 bits per heavy atom. The maximum atomic E-state index is 6.15. The quantitative estimate of drug-likeness (QED) is 0.927. The highest BCUT2D eigenvalue weighted by Crippen LogP contribution is 2.28. The van der Waals surface area contributed by atoms with Crippen LogP contribution in [0.2, 0.25) is 5.02 Å². The van der Waals surface area contributed by atoms with Gasteiger partial charge in [0.1, 0.15) is 0 Å². The van der Waals surface area contributed by atoms with Gasteiger partial charge in [-0.1, -0.05) is 23.7 Å². The Balaban J connectivity index is 2.07. The summed E-state index contributed by atoms with van der Waals surface area (Å²) in [4.78, 5) is 4.85. The van der Waals surface area contributed by atoms with Gasteiger partial charge in [0.15, 0.2) is 0 Å². The molecule has 1 aromatic carbocycles. The summed E-state index contributed by atoms with van der Waals surface area (Å²) in [6, 6.07) is 8.12. The van der Waals surface area contributed by atoms with Crippen LogP contribution >= 0.6 is 11.6 Å². The van der Waals surface area contributed by atoms with Gasteiger partial charge >= 0.3 is 0 Å². The fraction of sp³-hybridized carbons (Fsp3) is 0.625. The van der Waals surface area contributed by atoms with Gasteiger partial charge in [0.05, 0.1) is 0 Å². The molecule has 3 nitrogen and oxygen atoms in total. The normalized spacial score (nSPS) is 24.9. The average Bonchev–Trinajstić information content (AvgIpc) is 2.64. The van der Waals surface area contributed by atoms with Crippen LogP contribution < -0.4 is 5.73 Å². The van der Waals surface area contributed by atoms with Crippen LogP contribution in [-0.4, -0.2) is 49.1 Å². The Labute approximate surface area is 127 Å². The van der Waals surface area contributed by atoms with Crippen molar-refractivity contribution in [2.45, 2.75) is 31.3 Å². The van der Waals surface area contributed by atoms with Gasteiger partial charge in [-0.15, -0.1) is 0 Å². The lowest BCUT2D eigenvalue weighted by atomic mass is 9.88. The molecular formula is C16H26ClN3. The largest absolute Gasteiger partial charge is 0.329 e. The van der Waals surface area contributed by atoms with E-state index in [0.29, 0.717) is 0 Å². The third kappa shape index (κ3) is 3.73. The third-order valence-corrected chi connectivity index (χ3v) is 4.92. The van der Waals surface area contributed by atoms with E-state index in [4.69, 9.17) is 17.3 Å². The van der Waals surface area contributed by atoms with E-state index in [1.54, 1.807) is 0 Å². The van der Waals surface area contributed by atoms with Crippen molar-refractivity contribution in [3.05, 3.63) is 34.9 Å². The average molecular weight is 296 g/mol. The molecule has 2 rings (SSSR count). The molecular weight excluding hydrogens is 270 g/mol. The molecule has 1 aliphatic heterocycles. The number of benzene rings is 1. The van der Waals surface area contributed by atoms with Gasteiger partial charge in [-0.3, -0.25) is 4.90 Å². The fourth-order valence-electron chi connectivity index (χ4n) is 3.09. The van der Waals surface area contributed by atoms with Crippen molar-refractivity contribution in [1.29, 1.82) is 0 Å². The molecule has 1 heterocycles. The Morgan fingerprint density at radius 3 is 2.60 bits per heavy atom. The molecule has 0 spiro atoms. The molecule has 0 amide bonds. The van der Waals surface area contributed by atoms with Crippen molar-refractivity contribution < 1.29 is 0 Å². The molecule has 1 aromatic rings. The smallest absolute Gasteiger partial charge is 0.0406 e. The van der Waals surface area contributed by atoms with E-state index in [1.165, 1.54) is 24.9 Å². The monoisotopic (exact) mass is 295 g/mol. The molecule has 1 aliphatic rings. The molecule has 0 radical (unpaired) electrons. The predicted molar refractivity (Wildman–Crippen MR) is 86.1 cm³/mol. The first-order chi connectivity index (χ1) is 9.55. The number of nitrogens with two attached hydrogens (primary N) is 1. The number of hydrogen-bond acceptors (Lipinski definition) is 3. The Kier molecular flexibility index (Phi) is 5.44. The summed E-state index contributed by atoms with van der Waals surface area (Å²) < 4.78 is 0. The molecule has 1 atom stereocenters. The van der Waals surface area contributed by atoms with Crippen LogP contribution in [0.5, 0.6) is 0 Å². The summed E-state index contributed by atoms with van der Waals surface area (Å²) in [6.45, 7) is 3.96. The van der Waals surface area contributed by atoms with Crippen molar-refractivity contribution >= 4 is 11.6 Å². The van der Waals surface area contributed by atoms with E-state index in [0.717, 1.165) is 31.1 Å². The van der Waals surface area contributed by atoms with E-state index in [2.05, 4.69) is 36.0 Å². The topological polar surface area (TPSA) is 32.5 Å². The highest BCUT2D eigenvalue weighted by Gasteiger charge is 2.34. The maximum Gasteiger partial charge on any atom is 0.0406 e. The van der Waals surface area contributed by atoms with Crippen LogP contribution in [0.1, 0.15) is 24.8 Å². The van der Waals surface area contributed by atoms with Crippen LogP contribution in [0.3, 0.4) is 0 Å². The highest BCUT2D eigenvalue weighted by molar-refractivity contribution is 6.30. The zero-order valence-corrected chi connectivity index (χ0v) is 13.4. The molecule has 0 aromatic heterocycles. The first-order valence-corrected chi connectivity index (χ1v) is 7.78. The van der Waals surface area contributed by atoms with Crippen LogP contribution in [0.15, 0.2) is 24.3 Å². The predicted octanol–water partition coefficient (Wildman–Crippen LogP) is 2.59. The zero-order chi connectivity index (χ0) is 14.6.